The van der Waals surface area contributed by atoms with Crippen LogP contribution in [0.5, 0.6) is 0 Å². The second kappa shape index (κ2) is 5.48. The monoisotopic (exact) mass is 221 g/mol. The Morgan fingerprint density at radius 1 is 1.31 bits per heavy atom. The molecular formula is C13H23N3. The Kier molecular flexibility index (Phi) is 3.99. The Hall–Kier alpha value is -0.830. The molecule has 3 heteroatoms. The van der Waals surface area contributed by atoms with Crippen LogP contribution in [0.3, 0.4) is 0 Å². The Balaban J connectivity index is 2.12. The average Bonchev–Trinajstić information content (AvgIpc) is 2.57. The molecule has 1 unspecified atom stereocenters. The van der Waals surface area contributed by atoms with Gasteiger partial charge in [-0.15, -0.1) is 0 Å². The first kappa shape index (κ1) is 11.6. The summed E-state index contributed by atoms with van der Waals surface area (Å²) in [5.41, 5.74) is 1.33. The molecule has 1 N–H and O–H groups in total. The van der Waals surface area contributed by atoms with Gasteiger partial charge in [0.15, 0.2) is 0 Å². The lowest BCUT2D eigenvalue weighted by molar-refractivity contribution is 0.330. The van der Waals surface area contributed by atoms with Gasteiger partial charge in [0.2, 0.25) is 0 Å². The van der Waals surface area contributed by atoms with Crippen LogP contribution in [-0.2, 0) is 7.05 Å². The highest BCUT2D eigenvalue weighted by Gasteiger charge is 2.24. The average molecular weight is 221 g/mol. The highest BCUT2D eigenvalue weighted by molar-refractivity contribution is 5.06. The molecule has 0 amide bonds. The van der Waals surface area contributed by atoms with E-state index in [1.807, 2.05) is 12.5 Å². The summed E-state index contributed by atoms with van der Waals surface area (Å²) in [5.74, 6) is 0.780. The maximum atomic E-state index is 4.23. The van der Waals surface area contributed by atoms with Crippen molar-refractivity contribution in [2.75, 3.05) is 7.05 Å². The van der Waals surface area contributed by atoms with Crippen molar-refractivity contribution in [3.05, 3.63) is 18.2 Å². The van der Waals surface area contributed by atoms with E-state index >= 15 is 0 Å². The summed E-state index contributed by atoms with van der Waals surface area (Å²) in [7, 11) is 4.16. The predicted molar refractivity (Wildman–Crippen MR) is 66.2 cm³/mol. The quantitative estimate of drug-likeness (QED) is 0.795. The first-order valence-corrected chi connectivity index (χ1v) is 6.46. The zero-order valence-electron chi connectivity index (χ0n) is 10.4. The van der Waals surface area contributed by atoms with Crippen LogP contribution in [0.1, 0.15) is 50.3 Å². The number of aryl methyl sites for hydroxylation is 1. The second-order valence-electron chi connectivity index (χ2n) is 4.95. The van der Waals surface area contributed by atoms with Gasteiger partial charge in [-0.2, -0.15) is 0 Å². The molecule has 1 aromatic rings. The fraction of sp³-hybridized carbons (Fsp3) is 0.769. The number of hydrogen-bond donors (Lipinski definition) is 1. The van der Waals surface area contributed by atoms with Crippen molar-refractivity contribution in [3.8, 4) is 0 Å². The Morgan fingerprint density at radius 2 is 2.00 bits per heavy atom. The van der Waals surface area contributed by atoms with Crippen molar-refractivity contribution in [2.24, 2.45) is 13.0 Å². The fourth-order valence-corrected chi connectivity index (χ4v) is 2.94. The Morgan fingerprint density at radius 3 is 2.50 bits per heavy atom. The molecule has 0 aliphatic heterocycles. The van der Waals surface area contributed by atoms with Crippen molar-refractivity contribution in [1.29, 1.82) is 0 Å². The standard InChI is InChI=1S/C13H23N3/c1-14-13(12-9-15-10-16(12)2)11-7-5-3-4-6-8-11/h9-11,13-14H,3-8H2,1-2H3. The van der Waals surface area contributed by atoms with Gasteiger partial charge >= 0.3 is 0 Å². The van der Waals surface area contributed by atoms with E-state index in [9.17, 15) is 0 Å². The Labute approximate surface area is 98.3 Å². The maximum Gasteiger partial charge on any atom is 0.0946 e. The van der Waals surface area contributed by atoms with Gasteiger partial charge in [0.1, 0.15) is 0 Å². The van der Waals surface area contributed by atoms with E-state index in [2.05, 4.69) is 29.0 Å². The van der Waals surface area contributed by atoms with Gasteiger partial charge in [0.25, 0.3) is 0 Å². The summed E-state index contributed by atoms with van der Waals surface area (Å²) in [6.45, 7) is 0. The van der Waals surface area contributed by atoms with Crippen LogP contribution in [0, 0.1) is 5.92 Å². The highest BCUT2D eigenvalue weighted by atomic mass is 15.1. The van der Waals surface area contributed by atoms with Crippen molar-refractivity contribution >= 4 is 0 Å². The van der Waals surface area contributed by atoms with Crippen LogP contribution in [0.15, 0.2) is 12.5 Å². The van der Waals surface area contributed by atoms with E-state index in [-0.39, 0.29) is 0 Å². The van der Waals surface area contributed by atoms with Crippen molar-refractivity contribution < 1.29 is 0 Å². The molecule has 16 heavy (non-hydrogen) atoms. The fourth-order valence-electron chi connectivity index (χ4n) is 2.94. The molecule has 90 valence electrons. The van der Waals surface area contributed by atoms with Gasteiger partial charge in [-0.25, -0.2) is 4.98 Å². The van der Waals surface area contributed by atoms with Crippen molar-refractivity contribution in [2.45, 2.75) is 44.6 Å². The summed E-state index contributed by atoms with van der Waals surface area (Å²) >= 11 is 0. The third-order valence-corrected chi connectivity index (χ3v) is 3.85. The number of imidazole rings is 1. The van der Waals surface area contributed by atoms with Crippen LogP contribution < -0.4 is 5.32 Å². The predicted octanol–water partition coefficient (Wildman–Crippen LogP) is 2.65. The topological polar surface area (TPSA) is 29.9 Å². The van der Waals surface area contributed by atoms with E-state index in [4.69, 9.17) is 0 Å². The molecule has 1 atom stereocenters. The number of hydrogen-bond acceptors (Lipinski definition) is 2. The summed E-state index contributed by atoms with van der Waals surface area (Å²) < 4.78 is 2.14. The minimum Gasteiger partial charge on any atom is -0.336 e. The van der Waals surface area contributed by atoms with E-state index in [1.165, 1.54) is 44.2 Å². The zero-order valence-corrected chi connectivity index (χ0v) is 10.4. The number of rotatable bonds is 3. The Bertz CT molecular complexity index is 311. The molecule has 1 fully saturated rings. The SMILES string of the molecule is CNC(c1cncn1C)C1CCCCCC1. The first-order chi connectivity index (χ1) is 7.83. The minimum absolute atomic E-state index is 0.477. The zero-order chi connectivity index (χ0) is 11.4. The molecule has 0 aromatic carbocycles. The molecule has 1 aliphatic rings. The molecule has 1 saturated carbocycles. The lowest BCUT2D eigenvalue weighted by atomic mass is 9.90. The maximum absolute atomic E-state index is 4.23. The number of aromatic nitrogens is 2. The minimum atomic E-state index is 0.477. The lowest BCUT2D eigenvalue weighted by Crippen LogP contribution is -2.26. The van der Waals surface area contributed by atoms with Gasteiger partial charge < -0.3 is 9.88 Å². The largest absolute Gasteiger partial charge is 0.336 e. The van der Waals surface area contributed by atoms with Crippen LogP contribution in [0.2, 0.25) is 0 Å². The third kappa shape index (κ3) is 2.46. The molecular weight excluding hydrogens is 198 g/mol. The molecule has 0 bridgehead atoms. The normalized spacial score (nSPS) is 20.6. The van der Waals surface area contributed by atoms with Gasteiger partial charge in [-0.3, -0.25) is 0 Å². The van der Waals surface area contributed by atoms with E-state index in [1.54, 1.807) is 0 Å². The molecule has 2 rings (SSSR count). The van der Waals surface area contributed by atoms with Gasteiger partial charge in [-0.1, -0.05) is 25.7 Å². The molecule has 0 saturated heterocycles. The van der Waals surface area contributed by atoms with Crippen molar-refractivity contribution in [3.63, 3.8) is 0 Å². The van der Waals surface area contributed by atoms with E-state index in [0.29, 0.717) is 6.04 Å². The smallest absolute Gasteiger partial charge is 0.0946 e. The van der Waals surface area contributed by atoms with Crippen LogP contribution in [0.25, 0.3) is 0 Å². The van der Waals surface area contributed by atoms with E-state index < -0.39 is 0 Å². The summed E-state index contributed by atoms with van der Waals surface area (Å²) in [4.78, 5) is 4.23. The molecule has 1 aliphatic carbocycles. The molecule has 0 radical (unpaired) electrons. The number of nitrogens with zero attached hydrogens (tertiary/aromatic N) is 2. The molecule has 1 aromatic heterocycles. The van der Waals surface area contributed by atoms with Gasteiger partial charge in [-0.05, 0) is 25.8 Å². The van der Waals surface area contributed by atoms with Gasteiger partial charge in [0.05, 0.1) is 18.1 Å². The second-order valence-corrected chi connectivity index (χ2v) is 4.95. The highest BCUT2D eigenvalue weighted by Crippen LogP contribution is 2.32. The summed E-state index contributed by atoms with van der Waals surface area (Å²) in [6, 6.07) is 0.477. The van der Waals surface area contributed by atoms with Crippen molar-refractivity contribution in [1.82, 2.24) is 14.9 Å². The van der Waals surface area contributed by atoms with Crippen LogP contribution in [-0.4, -0.2) is 16.6 Å². The number of nitrogens with one attached hydrogen (secondary N) is 1. The lowest BCUT2D eigenvalue weighted by Gasteiger charge is -2.26. The summed E-state index contributed by atoms with van der Waals surface area (Å²) in [5, 5.41) is 3.48. The third-order valence-electron chi connectivity index (χ3n) is 3.85. The molecule has 1 heterocycles. The summed E-state index contributed by atoms with van der Waals surface area (Å²) in [6.07, 6.45) is 12.2. The van der Waals surface area contributed by atoms with Crippen LogP contribution >= 0.6 is 0 Å². The van der Waals surface area contributed by atoms with E-state index in [0.717, 1.165) is 5.92 Å². The van der Waals surface area contributed by atoms with Gasteiger partial charge in [0, 0.05) is 13.2 Å². The molecule has 0 spiro atoms. The van der Waals surface area contributed by atoms with Crippen LogP contribution in [0.4, 0.5) is 0 Å². The first-order valence-electron chi connectivity index (χ1n) is 6.46. The molecule has 3 nitrogen and oxygen atoms in total.